The molecule has 4 heteroatoms. The maximum Gasteiger partial charge on any atom is 0.194 e. The van der Waals surface area contributed by atoms with Crippen molar-refractivity contribution in [1.29, 1.82) is 0 Å². The zero-order valence-corrected chi connectivity index (χ0v) is 11.6. The molecule has 0 spiro atoms. The molecule has 0 saturated carbocycles. The summed E-state index contributed by atoms with van der Waals surface area (Å²) >= 11 is 0. The van der Waals surface area contributed by atoms with Crippen LogP contribution in [0.5, 0.6) is 0 Å². The molecular weight excluding hydrogens is 238 g/mol. The standard InChI is InChI=1S/C15H23N3O/c1-2-16-15(18-9-5-6-10-18)17-11-13-7-3-4-8-14(13)12-19/h3-4,7-8,19H,2,5-6,9-12H2,1H3,(H,16,17). The SMILES string of the molecule is CCNC(=NCc1ccccc1CO)N1CCCC1. The second kappa shape index (κ2) is 7.14. The highest BCUT2D eigenvalue weighted by atomic mass is 16.3. The van der Waals surface area contributed by atoms with Crippen LogP contribution < -0.4 is 5.32 Å². The van der Waals surface area contributed by atoms with Crippen molar-refractivity contribution in [3.63, 3.8) is 0 Å². The summed E-state index contributed by atoms with van der Waals surface area (Å²) in [5, 5.41) is 12.7. The van der Waals surface area contributed by atoms with E-state index in [2.05, 4.69) is 17.1 Å². The van der Waals surface area contributed by atoms with E-state index < -0.39 is 0 Å². The van der Waals surface area contributed by atoms with Crippen LogP contribution in [0.3, 0.4) is 0 Å². The third-order valence-electron chi connectivity index (χ3n) is 3.43. The van der Waals surface area contributed by atoms with Crippen LogP contribution >= 0.6 is 0 Å². The molecule has 0 atom stereocenters. The van der Waals surface area contributed by atoms with Crippen LogP contribution in [0, 0.1) is 0 Å². The Bertz CT molecular complexity index is 425. The summed E-state index contributed by atoms with van der Waals surface area (Å²) in [6.07, 6.45) is 2.50. The van der Waals surface area contributed by atoms with Gasteiger partial charge in [-0.15, -0.1) is 0 Å². The van der Waals surface area contributed by atoms with E-state index >= 15 is 0 Å². The van der Waals surface area contributed by atoms with Crippen LogP contribution in [0.4, 0.5) is 0 Å². The van der Waals surface area contributed by atoms with E-state index in [1.165, 1.54) is 12.8 Å². The Kier molecular flexibility index (Phi) is 5.21. The molecule has 1 aromatic carbocycles. The molecule has 104 valence electrons. The molecule has 0 bridgehead atoms. The first-order valence-corrected chi connectivity index (χ1v) is 7.06. The third-order valence-corrected chi connectivity index (χ3v) is 3.43. The minimum absolute atomic E-state index is 0.0753. The van der Waals surface area contributed by atoms with Crippen LogP contribution in [0.15, 0.2) is 29.3 Å². The lowest BCUT2D eigenvalue weighted by Gasteiger charge is -2.20. The van der Waals surface area contributed by atoms with Crippen molar-refractivity contribution in [2.45, 2.75) is 32.9 Å². The van der Waals surface area contributed by atoms with Gasteiger partial charge in [0.15, 0.2) is 5.96 Å². The quantitative estimate of drug-likeness (QED) is 0.641. The lowest BCUT2D eigenvalue weighted by atomic mass is 10.1. The average Bonchev–Trinajstić information content (AvgIpc) is 2.97. The minimum atomic E-state index is 0.0753. The molecule has 1 heterocycles. The number of guanidine groups is 1. The molecule has 0 aliphatic carbocycles. The summed E-state index contributed by atoms with van der Waals surface area (Å²) < 4.78 is 0. The lowest BCUT2D eigenvalue weighted by molar-refractivity contribution is 0.280. The molecule has 1 aliphatic heterocycles. The number of benzene rings is 1. The summed E-state index contributed by atoms with van der Waals surface area (Å²) in [6, 6.07) is 7.92. The Morgan fingerprint density at radius 2 is 1.95 bits per heavy atom. The normalized spacial score (nSPS) is 15.9. The van der Waals surface area contributed by atoms with Gasteiger partial charge in [0.25, 0.3) is 0 Å². The van der Waals surface area contributed by atoms with Crippen LogP contribution in [0.2, 0.25) is 0 Å². The fourth-order valence-corrected chi connectivity index (χ4v) is 2.38. The van der Waals surface area contributed by atoms with E-state index in [-0.39, 0.29) is 6.61 Å². The molecular formula is C15H23N3O. The molecule has 0 unspecified atom stereocenters. The summed E-state index contributed by atoms with van der Waals surface area (Å²) in [5.41, 5.74) is 2.06. The number of likely N-dealkylation sites (tertiary alicyclic amines) is 1. The van der Waals surface area contributed by atoms with Gasteiger partial charge >= 0.3 is 0 Å². The first-order valence-electron chi connectivity index (χ1n) is 7.06. The molecule has 2 rings (SSSR count). The van der Waals surface area contributed by atoms with E-state index in [1.807, 2.05) is 24.3 Å². The van der Waals surface area contributed by atoms with Gasteiger partial charge in [-0.25, -0.2) is 4.99 Å². The Hall–Kier alpha value is -1.55. The smallest absolute Gasteiger partial charge is 0.194 e. The second-order valence-electron chi connectivity index (χ2n) is 4.79. The van der Waals surface area contributed by atoms with Crippen molar-refractivity contribution in [3.05, 3.63) is 35.4 Å². The number of aliphatic imine (C=N–C) groups is 1. The highest BCUT2D eigenvalue weighted by Gasteiger charge is 2.15. The number of nitrogens with one attached hydrogen (secondary N) is 1. The summed E-state index contributed by atoms with van der Waals surface area (Å²) in [4.78, 5) is 7.01. The number of hydrogen-bond donors (Lipinski definition) is 2. The topological polar surface area (TPSA) is 47.9 Å². The Morgan fingerprint density at radius 1 is 1.26 bits per heavy atom. The lowest BCUT2D eigenvalue weighted by Crippen LogP contribution is -2.39. The summed E-state index contributed by atoms with van der Waals surface area (Å²) in [7, 11) is 0. The van der Waals surface area contributed by atoms with Gasteiger partial charge in [-0.05, 0) is 30.9 Å². The molecule has 1 aromatic rings. The Balaban J connectivity index is 2.08. The van der Waals surface area contributed by atoms with Crippen LogP contribution in [0.1, 0.15) is 30.9 Å². The van der Waals surface area contributed by atoms with Crippen LogP contribution in [0.25, 0.3) is 0 Å². The van der Waals surface area contributed by atoms with Gasteiger partial charge in [-0.3, -0.25) is 0 Å². The Labute approximate surface area is 115 Å². The van der Waals surface area contributed by atoms with Crippen LogP contribution in [-0.2, 0) is 13.2 Å². The van der Waals surface area contributed by atoms with Crippen molar-refractivity contribution in [1.82, 2.24) is 10.2 Å². The summed E-state index contributed by atoms with van der Waals surface area (Å²) in [6.45, 7) is 5.85. The Morgan fingerprint density at radius 3 is 2.58 bits per heavy atom. The van der Waals surface area contributed by atoms with Crippen molar-refractivity contribution in [2.24, 2.45) is 4.99 Å². The van der Waals surface area contributed by atoms with Gasteiger partial charge in [-0.2, -0.15) is 0 Å². The zero-order chi connectivity index (χ0) is 13.5. The maximum absolute atomic E-state index is 9.32. The minimum Gasteiger partial charge on any atom is -0.392 e. The van der Waals surface area contributed by atoms with E-state index in [1.54, 1.807) is 0 Å². The fraction of sp³-hybridized carbons (Fsp3) is 0.533. The van der Waals surface area contributed by atoms with E-state index in [0.29, 0.717) is 6.54 Å². The van der Waals surface area contributed by atoms with E-state index in [0.717, 1.165) is 36.7 Å². The van der Waals surface area contributed by atoms with Gasteiger partial charge in [0, 0.05) is 19.6 Å². The van der Waals surface area contributed by atoms with Crippen molar-refractivity contribution >= 4 is 5.96 Å². The summed E-state index contributed by atoms with van der Waals surface area (Å²) in [5.74, 6) is 0.993. The number of nitrogens with zero attached hydrogens (tertiary/aromatic N) is 2. The fourth-order valence-electron chi connectivity index (χ4n) is 2.38. The molecule has 0 aromatic heterocycles. The van der Waals surface area contributed by atoms with Crippen molar-refractivity contribution < 1.29 is 5.11 Å². The predicted molar refractivity (Wildman–Crippen MR) is 78.0 cm³/mol. The highest BCUT2D eigenvalue weighted by Crippen LogP contribution is 2.12. The molecule has 4 nitrogen and oxygen atoms in total. The van der Waals surface area contributed by atoms with Crippen molar-refractivity contribution in [3.8, 4) is 0 Å². The van der Waals surface area contributed by atoms with Crippen molar-refractivity contribution in [2.75, 3.05) is 19.6 Å². The monoisotopic (exact) mass is 261 g/mol. The molecule has 1 fully saturated rings. The molecule has 1 saturated heterocycles. The zero-order valence-electron chi connectivity index (χ0n) is 11.6. The number of aliphatic hydroxyl groups excluding tert-OH is 1. The van der Waals surface area contributed by atoms with Gasteiger partial charge in [0.05, 0.1) is 13.2 Å². The van der Waals surface area contributed by atoms with Gasteiger partial charge in [0.2, 0.25) is 0 Å². The molecule has 2 N–H and O–H groups in total. The largest absolute Gasteiger partial charge is 0.392 e. The highest BCUT2D eigenvalue weighted by molar-refractivity contribution is 5.80. The first kappa shape index (κ1) is 13.9. The van der Waals surface area contributed by atoms with E-state index in [4.69, 9.17) is 4.99 Å². The average molecular weight is 261 g/mol. The second-order valence-corrected chi connectivity index (χ2v) is 4.79. The molecule has 0 radical (unpaired) electrons. The number of hydrogen-bond acceptors (Lipinski definition) is 2. The maximum atomic E-state index is 9.32. The molecule has 1 aliphatic rings. The van der Waals surface area contributed by atoms with Gasteiger partial charge < -0.3 is 15.3 Å². The van der Waals surface area contributed by atoms with Gasteiger partial charge in [0.1, 0.15) is 0 Å². The van der Waals surface area contributed by atoms with Gasteiger partial charge in [-0.1, -0.05) is 24.3 Å². The number of rotatable bonds is 4. The third kappa shape index (κ3) is 3.70. The first-order chi connectivity index (χ1) is 9.35. The number of aliphatic hydroxyl groups is 1. The van der Waals surface area contributed by atoms with Crippen LogP contribution in [-0.4, -0.2) is 35.6 Å². The molecule has 19 heavy (non-hydrogen) atoms. The molecule has 0 amide bonds. The predicted octanol–water partition coefficient (Wildman–Crippen LogP) is 1.74. The van der Waals surface area contributed by atoms with E-state index in [9.17, 15) is 5.11 Å².